The van der Waals surface area contributed by atoms with Crippen molar-refractivity contribution in [2.75, 3.05) is 26.2 Å². The van der Waals surface area contributed by atoms with Gasteiger partial charge in [-0.15, -0.1) is 0 Å². The molecule has 2 aliphatic heterocycles. The molecule has 8 heteroatoms. The molecule has 1 aromatic rings. The van der Waals surface area contributed by atoms with Crippen LogP contribution in [0.2, 0.25) is 5.02 Å². The van der Waals surface area contributed by atoms with E-state index in [0.717, 1.165) is 25.9 Å². The third-order valence-electron chi connectivity index (χ3n) is 4.54. The Balaban J connectivity index is 1.59. The van der Waals surface area contributed by atoms with E-state index in [9.17, 15) is 9.18 Å². The van der Waals surface area contributed by atoms with Gasteiger partial charge in [-0.2, -0.15) is 0 Å². The molecule has 0 spiro atoms. The number of amides is 1. The van der Waals surface area contributed by atoms with Crippen molar-refractivity contribution in [3.05, 3.63) is 46.2 Å². The van der Waals surface area contributed by atoms with Gasteiger partial charge in [-0.25, -0.2) is 4.39 Å². The first-order valence-electron chi connectivity index (χ1n) is 8.27. The van der Waals surface area contributed by atoms with Crippen LogP contribution in [-0.2, 0) is 0 Å². The fourth-order valence-corrected chi connectivity index (χ4v) is 4.26. The predicted octanol–water partition coefficient (Wildman–Crippen LogP) is 2.47. The maximum absolute atomic E-state index is 13.3. The number of thioether (sulfide) groups is 1. The van der Waals surface area contributed by atoms with Crippen LogP contribution in [0.25, 0.3) is 0 Å². The molecule has 0 bridgehead atoms. The Hall–Kier alpha value is -1.28. The van der Waals surface area contributed by atoms with Gasteiger partial charge in [0.15, 0.2) is 5.50 Å². The molecule has 136 valence electrons. The van der Waals surface area contributed by atoms with Crippen molar-refractivity contribution in [2.24, 2.45) is 0 Å². The van der Waals surface area contributed by atoms with E-state index >= 15 is 0 Å². The van der Waals surface area contributed by atoms with Gasteiger partial charge in [-0.1, -0.05) is 23.4 Å². The van der Waals surface area contributed by atoms with Gasteiger partial charge in [0, 0.05) is 37.4 Å². The molecule has 0 aliphatic carbocycles. The van der Waals surface area contributed by atoms with Gasteiger partial charge in [-0.3, -0.25) is 4.79 Å². The normalized spacial score (nSPS) is 21.7. The van der Waals surface area contributed by atoms with E-state index in [2.05, 4.69) is 15.1 Å². The number of hydrogen-bond donors (Lipinski definition) is 2. The van der Waals surface area contributed by atoms with Gasteiger partial charge >= 0.3 is 0 Å². The first kappa shape index (κ1) is 18.5. The zero-order valence-corrected chi connectivity index (χ0v) is 15.3. The van der Waals surface area contributed by atoms with Crippen molar-refractivity contribution < 1.29 is 14.3 Å². The topological polar surface area (TPSA) is 55.8 Å². The number of carbonyl (C=O) groups excluding carboxylic acids is 1. The van der Waals surface area contributed by atoms with Crippen molar-refractivity contribution in [2.45, 2.75) is 24.4 Å². The summed E-state index contributed by atoms with van der Waals surface area (Å²) in [5, 5.41) is 13.9. The first-order chi connectivity index (χ1) is 12.1. The molecular formula is C17H21ClFN3O2S. The summed E-state index contributed by atoms with van der Waals surface area (Å²) in [4.78, 5) is 16.9. The lowest BCUT2D eigenvalue weighted by atomic mass is 10.0. The van der Waals surface area contributed by atoms with Crippen LogP contribution in [0, 0.1) is 5.82 Å². The zero-order valence-electron chi connectivity index (χ0n) is 13.7. The maximum atomic E-state index is 13.3. The number of β-amino-alcohol motifs (C(OH)–C–C–N with tert-alkyl or cyclic N) is 1. The second kappa shape index (κ2) is 8.40. The number of aliphatic hydroxyl groups is 1. The van der Waals surface area contributed by atoms with Gasteiger partial charge in [0.2, 0.25) is 0 Å². The average molecular weight is 386 g/mol. The summed E-state index contributed by atoms with van der Waals surface area (Å²) < 4.78 is 13.3. The summed E-state index contributed by atoms with van der Waals surface area (Å²) in [6, 6.07) is 4.33. The van der Waals surface area contributed by atoms with E-state index in [4.69, 9.17) is 16.7 Å². The summed E-state index contributed by atoms with van der Waals surface area (Å²) in [5.41, 5.74) is 0.169. The Morgan fingerprint density at radius 1 is 1.40 bits per heavy atom. The lowest BCUT2D eigenvalue weighted by molar-refractivity contribution is 0.0862. The van der Waals surface area contributed by atoms with Crippen LogP contribution in [0.4, 0.5) is 4.39 Å². The molecule has 2 aliphatic rings. The second-order valence-electron chi connectivity index (χ2n) is 6.12. The van der Waals surface area contributed by atoms with Crippen LogP contribution >= 0.6 is 23.4 Å². The van der Waals surface area contributed by atoms with E-state index in [1.807, 2.05) is 11.6 Å². The van der Waals surface area contributed by atoms with Crippen LogP contribution in [0.3, 0.4) is 0 Å². The van der Waals surface area contributed by atoms with Gasteiger partial charge in [0.1, 0.15) is 5.82 Å². The number of aliphatic hydroxyl groups excluding tert-OH is 1. The number of halogens is 2. The van der Waals surface area contributed by atoms with E-state index in [1.165, 1.54) is 30.0 Å². The summed E-state index contributed by atoms with van der Waals surface area (Å²) in [5.74, 6) is -0.808. The molecule has 1 aromatic carbocycles. The van der Waals surface area contributed by atoms with Gasteiger partial charge in [0.25, 0.3) is 5.91 Å². The molecule has 0 saturated carbocycles. The number of piperidine rings is 1. The molecule has 0 radical (unpaired) electrons. The van der Waals surface area contributed by atoms with Crippen molar-refractivity contribution in [3.8, 4) is 0 Å². The summed E-state index contributed by atoms with van der Waals surface area (Å²) >= 11 is 7.30. The van der Waals surface area contributed by atoms with Crippen molar-refractivity contribution in [3.63, 3.8) is 0 Å². The lowest BCUT2D eigenvalue weighted by Gasteiger charge is -2.39. The van der Waals surface area contributed by atoms with Crippen LogP contribution in [0.15, 0.2) is 29.8 Å². The van der Waals surface area contributed by atoms with E-state index in [1.54, 1.807) is 0 Å². The number of benzene rings is 1. The Morgan fingerprint density at radius 3 is 2.84 bits per heavy atom. The Labute approximate surface area is 155 Å². The lowest BCUT2D eigenvalue weighted by Crippen LogP contribution is -2.50. The van der Waals surface area contributed by atoms with Gasteiger partial charge in [0.05, 0.1) is 11.6 Å². The summed E-state index contributed by atoms with van der Waals surface area (Å²) in [6.07, 6.45) is 3.99. The Morgan fingerprint density at radius 2 is 2.16 bits per heavy atom. The molecule has 0 aromatic heterocycles. The van der Waals surface area contributed by atoms with Crippen LogP contribution < -0.4 is 5.32 Å². The molecule has 25 heavy (non-hydrogen) atoms. The Bertz CT molecular complexity index is 653. The largest absolute Gasteiger partial charge is 0.395 e. The SMILES string of the molecule is O=C(NC1SC=CN1C1CCN(CCO)CC1)c1ccc(F)c(Cl)c1. The molecular weight excluding hydrogens is 365 g/mol. The number of nitrogens with zero attached hydrogens (tertiary/aromatic N) is 2. The highest BCUT2D eigenvalue weighted by Crippen LogP contribution is 2.29. The molecule has 1 amide bonds. The smallest absolute Gasteiger partial charge is 0.253 e. The highest BCUT2D eigenvalue weighted by atomic mass is 35.5. The predicted molar refractivity (Wildman–Crippen MR) is 97.8 cm³/mol. The van der Waals surface area contributed by atoms with E-state index in [0.29, 0.717) is 18.2 Å². The Kier molecular flexibility index (Phi) is 6.22. The minimum atomic E-state index is -0.536. The van der Waals surface area contributed by atoms with Crippen LogP contribution in [0.1, 0.15) is 23.2 Å². The van der Waals surface area contributed by atoms with Crippen molar-refractivity contribution >= 4 is 29.3 Å². The molecule has 2 N–H and O–H groups in total. The quantitative estimate of drug-likeness (QED) is 0.815. The summed E-state index contributed by atoms with van der Waals surface area (Å²) in [6.45, 7) is 2.77. The molecule has 1 unspecified atom stereocenters. The fourth-order valence-electron chi connectivity index (χ4n) is 3.17. The number of rotatable bonds is 5. The first-order valence-corrected chi connectivity index (χ1v) is 9.59. The molecule has 1 saturated heterocycles. The molecule has 1 atom stereocenters. The molecule has 2 heterocycles. The minimum Gasteiger partial charge on any atom is -0.395 e. The number of nitrogens with one attached hydrogen (secondary N) is 1. The highest BCUT2D eigenvalue weighted by Gasteiger charge is 2.31. The minimum absolute atomic E-state index is 0.0574. The monoisotopic (exact) mass is 385 g/mol. The van der Waals surface area contributed by atoms with Crippen molar-refractivity contribution in [1.82, 2.24) is 15.1 Å². The summed E-state index contributed by atoms with van der Waals surface area (Å²) in [7, 11) is 0. The second-order valence-corrected chi connectivity index (χ2v) is 7.52. The van der Waals surface area contributed by atoms with E-state index in [-0.39, 0.29) is 23.0 Å². The maximum Gasteiger partial charge on any atom is 0.253 e. The standard InChI is InChI=1S/C17H21ClFN3O2S/c18-14-11-12(1-2-15(14)19)16(24)20-17-22(8-10-25-17)13-3-5-21(6-4-13)7-9-23/h1-2,8,10-11,13,17,23H,3-7,9H2,(H,20,24). The van der Waals surface area contributed by atoms with Gasteiger partial charge < -0.3 is 20.2 Å². The zero-order chi connectivity index (χ0) is 17.8. The third-order valence-corrected chi connectivity index (χ3v) is 5.73. The van der Waals surface area contributed by atoms with Crippen LogP contribution in [-0.4, -0.2) is 58.6 Å². The van der Waals surface area contributed by atoms with Crippen molar-refractivity contribution in [1.29, 1.82) is 0 Å². The third kappa shape index (κ3) is 4.47. The van der Waals surface area contributed by atoms with Crippen LogP contribution in [0.5, 0.6) is 0 Å². The number of likely N-dealkylation sites (tertiary alicyclic amines) is 1. The number of hydrogen-bond acceptors (Lipinski definition) is 5. The fraction of sp³-hybridized carbons (Fsp3) is 0.471. The van der Waals surface area contributed by atoms with Gasteiger partial charge in [-0.05, 0) is 36.4 Å². The molecule has 3 rings (SSSR count). The highest BCUT2D eigenvalue weighted by molar-refractivity contribution is 8.02. The van der Waals surface area contributed by atoms with E-state index < -0.39 is 5.82 Å². The number of carbonyl (C=O) groups is 1. The molecule has 5 nitrogen and oxygen atoms in total. The average Bonchev–Trinajstić information content (AvgIpc) is 3.06. The molecule has 1 fully saturated rings.